The van der Waals surface area contributed by atoms with Gasteiger partial charge in [0.05, 0.1) is 11.0 Å². The third-order valence-corrected chi connectivity index (χ3v) is 6.06. The minimum atomic E-state index is -0.689. The fourth-order valence-electron chi connectivity index (χ4n) is 4.45. The van der Waals surface area contributed by atoms with E-state index in [0.717, 1.165) is 5.69 Å². The Morgan fingerprint density at radius 1 is 1.03 bits per heavy atom. The number of para-hydroxylation sites is 2. The highest BCUT2D eigenvalue weighted by Crippen LogP contribution is 2.22. The number of piperazine rings is 1. The van der Waals surface area contributed by atoms with Gasteiger partial charge in [0.25, 0.3) is 0 Å². The van der Waals surface area contributed by atoms with E-state index < -0.39 is 11.1 Å². The Kier molecular flexibility index (Phi) is 5.99. The van der Waals surface area contributed by atoms with Crippen molar-refractivity contribution in [1.82, 2.24) is 14.0 Å². The quantitative estimate of drug-likeness (QED) is 0.459. The zero-order chi connectivity index (χ0) is 22.8. The number of anilines is 1. The van der Waals surface area contributed by atoms with Gasteiger partial charge in [-0.2, -0.15) is 0 Å². The molecule has 1 saturated heterocycles. The molecule has 0 bridgehead atoms. The van der Waals surface area contributed by atoms with E-state index in [1.165, 1.54) is 14.7 Å². The fraction of sp³-hybridized carbons (Fsp3) is 0.320. The molecule has 0 unspecified atom stereocenters. The molecule has 2 aromatic carbocycles. The van der Waals surface area contributed by atoms with Crippen LogP contribution in [0.1, 0.15) is 12.5 Å². The second-order valence-electron chi connectivity index (χ2n) is 8.31. The van der Waals surface area contributed by atoms with Crippen LogP contribution in [0.2, 0.25) is 0 Å². The highest BCUT2D eigenvalue weighted by molar-refractivity contribution is 5.80. The second-order valence-corrected chi connectivity index (χ2v) is 8.31. The number of carbonyl (C=O) groups is 1. The summed E-state index contributed by atoms with van der Waals surface area (Å²) in [4.78, 5) is 42.8. The molecule has 32 heavy (non-hydrogen) atoms. The molecule has 1 atom stereocenters. The number of amides is 1. The number of aryl methyl sites for hydroxylation is 1. The second kappa shape index (κ2) is 8.86. The number of nitrogens with zero attached hydrogens (tertiary/aromatic N) is 4. The van der Waals surface area contributed by atoms with Crippen LogP contribution in [0.15, 0.2) is 70.8 Å². The molecule has 0 spiro atoms. The van der Waals surface area contributed by atoms with Gasteiger partial charge in [-0.15, -0.1) is 6.58 Å². The maximum Gasteiger partial charge on any atom is 0.317 e. The molecule has 0 saturated carbocycles. The van der Waals surface area contributed by atoms with Gasteiger partial charge in [-0.05, 0) is 43.7 Å². The van der Waals surface area contributed by atoms with Crippen LogP contribution in [0.3, 0.4) is 0 Å². The number of hydrogen-bond acceptors (Lipinski definition) is 4. The predicted molar refractivity (Wildman–Crippen MR) is 127 cm³/mol. The Bertz CT molecular complexity index is 1290. The third-order valence-electron chi connectivity index (χ3n) is 6.06. The lowest BCUT2D eigenvalue weighted by Crippen LogP contribution is -2.55. The highest BCUT2D eigenvalue weighted by Gasteiger charge is 2.27. The maximum absolute atomic E-state index is 13.2. The molecule has 7 nitrogen and oxygen atoms in total. The lowest BCUT2D eigenvalue weighted by Gasteiger charge is -2.41. The summed E-state index contributed by atoms with van der Waals surface area (Å²) in [6.07, 6.45) is 1.58. The van der Waals surface area contributed by atoms with Crippen molar-refractivity contribution in [2.45, 2.75) is 33.0 Å². The van der Waals surface area contributed by atoms with Gasteiger partial charge in [0.2, 0.25) is 5.91 Å². The molecule has 2 heterocycles. The van der Waals surface area contributed by atoms with Gasteiger partial charge in [0.15, 0.2) is 0 Å². The summed E-state index contributed by atoms with van der Waals surface area (Å²) in [6.45, 7) is 9.77. The number of hydrogen-bond donors (Lipinski definition) is 0. The van der Waals surface area contributed by atoms with Crippen LogP contribution >= 0.6 is 0 Å². The zero-order valence-electron chi connectivity index (χ0n) is 18.5. The van der Waals surface area contributed by atoms with E-state index in [2.05, 4.69) is 43.5 Å². The Morgan fingerprint density at radius 3 is 2.38 bits per heavy atom. The van der Waals surface area contributed by atoms with E-state index in [0.29, 0.717) is 30.7 Å². The molecule has 1 aromatic heterocycles. The van der Waals surface area contributed by atoms with Gasteiger partial charge < -0.3 is 9.80 Å². The van der Waals surface area contributed by atoms with Crippen LogP contribution < -0.4 is 16.0 Å². The lowest BCUT2D eigenvalue weighted by atomic mass is 10.1. The first kappa shape index (κ1) is 21.6. The van der Waals surface area contributed by atoms with Crippen molar-refractivity contribution in [3.8, 4) is 0 Å². The van der Waals surface area contributed by atoms with Gasteiger partial charge in [-0.1, -0.05) is 30.3 Å². The molecule has 1 aliphatic heterocycles. The van der Waals surface area contributed by atoms with Crippen LogP contribution in [0, 0.1) is 6.92 Å². The minimum absolute atomic E-state index is 0.142. The van der Waals surface area contributed by atoms with Crippen LogP contribution in [-0.2, 0) is 17.9 Å². The van der Waals surface area contributed by atoms with E-state index in [1.807, 2.05) is 12.1 Å². The van der Waals surface area contributed by atoms with Crippen LogP contribution in [-0.4, -0.2) is 45.6 Å². The topological polar surface area (TPSA) is 67.5 Å². The molecular formula is C25H28N4O3. The Morgan fingerprint density at radius 2 is 1.72 bits per heavy atom. The van der Waals surface area contributed by atoms with Crippen molar-refractivity contribution in [1.29, 1.82) is 0 Å². The number of fused-ring (bicyclic) bond motifs is 1. The van der Waals surface area contributed by atoms with Gasteiger partial charge in [0, 0.05) is 37.9 Å². The van der Waals surface area contributed by atoms with E-state index in [1.54, 1.807) is 29.2 Å². The monoisotopic (exact) mass is 432 g/mol. The maximum atomic E-state index is 13.2. The summed E-state index contributed by atoms with van der Waals surface area (Å²) < 4.78 is 2.70. The average molecular weight is 433 g/mol. The van der Waals surface area contributed by atoms with Crippen LogP contribution in [0.25, 0.3) is 11.0 Å². The van der Waals surface area contributed by atoms with Crippen LogP contribution in [0.5, 0.6) is 0 Å². The van der Waals surface area contributed by atoms with Crippen molar-refractivity contribution < 1.29 is 4.79 Å². The lowest BCUT2D eigenvalue weighted by molar-refractivity contribution is -0.132. The summed E-state index contributed by atoms with van der Waals surface area (Å²) >= 11 is 0. The molecule has 0 radical (unpaired) electrons. The Hall–Kier alpha value is -3.61. The number of carbonyl (C=O) groups excluding carboxylic acids is 1. The normalized spacial score (nSPS) is 16.4. The van der Waals surface area contributed by atoms with E-state index in [9.17, 15) is 14.4 Å². The van der Waals surface area contributed by atoms with Crippen molar-refractivity contribution in [3.05, 3.63) is 87.5 Å². The zero-order valence-corrected chi connectivity index (χ0v) is 18.5. The predicted octanol–water partition coefficient (Wildman–Crippen LogP) is 2.39. The van der Waals surface area contributed by atoms with E-state index >= 15 is 0 Å². The Labute approximate surface area is 186 Å². The van der Waals surface area contributed by atoms with Crippen LogP contribution in [0.4, 0.5) is 5.69 Å². The third kappa shape index (κ3) is 3.98. The summed E-state index contributed by atoms with van der Waals surface area (Å²) in [7, 11) is 0. The standard InChI is InChI=1S/C25H28N4O3/c1-4-12-28-21-10-5-6-11-22(21)29(25(32)24(28)31)17-23(30)26-13-14-27(19(3)16-26)20-9-7-8-18(2)15-20/h4-11,15,19H,1,12-14,16-17H2,2-3H3/t19-/m1/s1. The van der Waals surface area contributed by atoms with Gasteiger partial charge in [-0.25, -0.2) is 0 Å². The molecule has 1 fully saturated rings. The Balaban J connectivity index is 1.58. The first-order valence-electron chi connectivity index (χ1n) is 10.8. The summed E-state index contributed by atoms with van der Waals surface area (Å²) in [5, 5.41) is 0. The highest BCUT2D eigenvalue weighted by atomic mass is 16.2. The molecule has 4 rings (SSSR count). The number of allylic oxidation sites excluding steroid dienone is 1. The largest absolute Gasteiger partial charge is 0.365 e. The van der Waals surface area contributed by atoms with Crippen molar-refractivity contribution in [2.75, 3.05) is 24.5 Å². The molecule has 1 aliphatic rings. The molecule has 7 heteroatoms. The fourth-order valence-corrected chi connectivity index (χ4v) is 4.45. The molecule has 0 N–H and O–H groups in total. The van der Waals surface area contributed by atoms with Gasteiger partial charge in [-0.3, -0.25) is 23.5 Å². The molecule has 0 aliphatic carbocycles. The minimum Gasteiger partial charge on any atom is -0.365 e. The number of benzene rings is 2. The summed E-state index contributed by atoms with van der Waals surface area (Å²) in [5.74, 6) is -0.158. The van der Waals surface area contributed by atoms with E-state index in [-0.39, 0.29) is 25.0 Å². The average Bonchev–Trinajstić information content (AvgIpc) is 2.79. The first-order chi connectivity index (χ1) is 15.4. The summed E-state index contributed by atoms with van der Waals surface area (Å²) in [6, 6.07) is 15.6. The first-order valence-corrected chi connectivity index (χ1v) is 10.8. The number of aromatic nitrogens is 2. The SMILES string of the molecule is C=CCn1c(=O)c(=O)n(CC(=O)N2CCN(c3cccc(C)c3)[C@H](C)C2)c2ccccc21. The van der Waals surface area contributed by atoms with Crippen molar-refractivity contribution in [3.63, 3.8) is 0 Å². The smallest absolute Gasteiger partial charge is 0.317 e. The van der Waals surface area contributed by atoms with Gasteiger partial charge in [0.1, 0.15) is 6.54 Å². The summed E-state index contributed by atoms with van der Waals surface area (Å²) in [5.41, 5.74) is 2.20. The van der Waals surface area contributed by atoms with Crippen molar-refractivity contribution in [2.24, 2.45) is 0 Å². The van der Waals surface area contributed by atoms with E-state index in [4.69, 9.17) is 0 Å². The molecule has 3 aromatic rings. The number of rotatable bonds is 5. The molecule has 1 amide bonds. The molecule has 166 valence electrons. The van der Waals surface area contributed by atoms with Crippen molar-refractivity contribution >= 4 is 22.6 Å². The molecular weight excluding hydrogens is 404 g/mol. The van der Waals surface area contributed by atoms with Gasteiger partial charge >= 0.3 is 11.1 Å².